The van der Waals surface area contributed by atoms with Gasteiger partial charge in [0.2, 0.25) is 5.91 Å². The quantitative estimate of drug-likeness (QED) is 0.481. The van der Waals surface area contributed by atoms with Crippen LogP contribution in [0.4, 0.5) is 10.1 Å². The standard InChI is InChI=1S/C22H22ClFN4OS/c1-14-10-11-19(17(23)12-14)25-20(29)13-30-22-27-26-21(16-8-4-5-9-18(16)24)28(22)15-6-2-3-7-15/h4-5,8-12,15H,2-3,6-7,13H2,1H3,(H,25,29). The minimum absolute atomic E-state index is 0.159. The lowest BCUT2D eigenvalue weighted by molar-refractivity contribution is -0.113. The van der Waals surface area contributed by atoms with Crippen molar-refractivity contribution >= 4 is 35.0 Å². The van der Waals surface area contributed by atoms with Gasteiger partial charge in [0, 0.05) is 6.04 Å². The van der Waals surface area contributed by atoms with Crippen molar-refractivity contribution in [3.63, 3.8) is 0 Å². The van der Waals surface area contributed by atoms with E-state index >= 15 is 0 Å². The van der Waals surface area contributed by atoms with Gasteiger partial charge in [-0.15, -0.1) is 10.2 Å². The maximum absolute atomic E-state index is 14.4. The van der Waals surface area contributed by atoms with Gasteiger partial charge in [0.05, 0.1) is 22.0 Å². The molecule has 1 amide bonds. The number of carbonyl (C=O) groups is 1. The van der Waals surface area contributed by atoms with Gasteiger partial charge >= 0.3 is 0 Å². The SMILES string of the molecule is Cc1ccc(NC(=O)CSc2nnc(-c3ccccc3F)n2C2CCCC2)c(Cl)c1. The van der Waals surface area contributed by atoms with Crippen LogP contribution in [0.2, 0.25) is 5.02 Å². The van der Waals surface area contributed by atoms with E-state index in [1.54, 1.807) is 24.3 Å². The lowest BCUT2D eigenvalue weighted by atomic mass is 10.1. The van der Waals surface area contributed by atoms with Gasteiger partial charge in [-0.3, -0.25) is 9.36 Å². The molecular formula is C22H22ClFN4OS. The summed E-state index contributed by atoms with van der Waals surface area (Å²) in [4.78, 5) is 12.5. The topological polar surface area (TPSA) is 59.8 Å². The van der Waals surface area contributed by atoms with E-state index in [9.17, 15) is 9.18 Å². The van der Waals surface area contributed by atoms with Crippen LogP contribution >= 0.6 is 23.4 Å². The molecular weight excluding hydrogens is 423 g/mol. The first-order valence-corrected chi connectivity index (χ1v) is 11.3. The smallest absolute Gasteiger partial charge is 0.234 e. The first kappa shape index (κ1) is 20.9. The molecule has 1 aliphatic carbocycles. The highest BCUT2D eigenvalue weighted by atomic mass is 35.5. The number of benzene rings is 2. The molecule has 1 N–H and O–H groups in total. The van der Waals surface area contributed by atoms with Crippen LogP contribution in [0.5, 0.6) is 0 Å². The fourth-order valence-corrected chi connectivity index (χ4v) is 4.82. The van der Waals surface area contributed by atoms with E-state index in [1.165, 1.54) is 17.8 Å². The molecule has 1 aromatic heterocycles. The van der Waals surface area contributed by atoms with E-state index in [4.69, 9.17) is 11.6 Å². The number of nitrogens with zero attached hydrogens (tertiary/aromatic N) is 3. The molecule has 5 nitrogen and oxygen atoms in total. The van der Waals surface area contributed by atoms with Crippen LogP contribution in [-0.2, 0) is 4.79 Å². The molecule has 0 radical (unpaired) electrons. The Morgan fingerprint density at radius 2 is 2.00 bits per heavy atom. The Morgan fingerprint density at radius 3 is 2.73 bits per heavy atom. The highest BCUT2D eigenvalue weighted by molar-refractivity contribution is 7.99. The monoisotopic (exact) mass is 444 g/mol. The summed E-state index contributed by atoms with van der Waals surface area (Å²) in [5, 5.41) is 12.5. The zero-order valence-corrected chi connectivity index (χ0v) is 18.1. The average Bonchev–Trinajstić information content (AvgIpc) is 3.38. The number of aryl methyl sites for hydroxylation is 1. The summed E-state index contributed by atoms with van der Waals surface area (Å²) >= 11 is 7.51. The number of amides is 1. The number of anilines is 1. The van der Waals surface area contributed by atoms with Gasteiger partial charge in [0.25, 0.3) is 0 Å². The van der Waals surface area contributed by atoms with Crippen molar-refractivity contribution in [3.05, 3.63) is 58.9 Å². The molecule has 156 valence electrons. The molecule has 4 rings (SSSR count). The lowest BCUT2D eigenvalue weighted by Crippen LogP contribution is -2.15. The zero-order chi connectivity index (χ0) is 21.1. The first-order chi connectivity index (χ1) is 14.5. The van der Waals surface area contributed by atoms with Crippen molar-refractivity contribution in [2.24, 2.45) is 0 Å². The van der Waals surface area contributed by atoms with Crippen molar-refractivity contribution in [3.8, 4) is 11.4 Å². The van der Waals surface area contributed by atoms with Gasteiger partial charge in [-0.2, -0.15) is 0 Å². The molecule has 0 aliphatic heterocycles. The molecule has 0 unspecified atom stereocenters. The number of thioether (sulfide) groups is 1. The summed E-state index contributed by atoms with van der Waals surface area (Å²) in [6.07, 6.45) is 4.24. The zero-order valence-electron chi connectivity index (χ0n) is 16.6. The summed E-state index contributed by atoms with van der Waals surface area (Å²) in [6, 6.07) is 12.3. The van der Waals surface area contributed by atoms with Crippen molar-refractivity contribution in [1.29, 1.82) is 0 Å². The van der Waals surface area contributed by atoms with Crippen molar-refractivity contribution < 1.29 is 9.18 Å². The molecule has 0 saturated heterocycles. The number of hydrogen-bond donors (Lipinski definition) is 1. The Balaban J connectivity index is 1.54. The number of carbonyl (C=O) groups excluding carboxylic acids is 1. The summed E-state index contributed by atoms with van der Waals surface area (Å²) in [7, 11) is 0. The normalized spacial score (nSPS) is 14.2. The van der Waals surface area contributed by atoms with Crippen molar-refractivity contribution in [2.75, 3.05) is 11.1 Å². The van der Waals surface area contributed by atoms with E-state index in [0.717, 1.165) is 31.2 Å². The van der Waals surface area contributed by atoms with E-state index < -0.39 is 0 Å². The van der Waals surface area contributed by atoms with Gasteiger partial charge in [-0.05, 0) is 49.6 Å². The molecule has 1 saturated carbocycles. The van der Waals surface area contributed by atoms with Crippen molar-refractivity contribution in [2.45, 2.75) is 43.8 Å². The predicted molar refractivity (Wildman–Crippen MR) is 118 cm³/mol. The highest BCUT2D eigenvalue weighted by Crippen LogP contribution is 2.37. The Kier molecular flexibility index (Phi) is 6.39. The van der Waals surface area contributed by atoms with Crippen LogP contribution in [-0.4, -0.2) is 26.4 Å². The fraction of sp³-hybridized carbons (Fsp3) is 0.318. The minimum atomic E-state index is -0.326. The second kappa shape index (κ2) is 9.18. The van der Waals surface area contributed by atoms with Crippen LogP contribution in [0, 0.1) is 12.7 Å². The number of rotatable bonds is 6. The lowest BCUT2D eigenvalue weighted by Gasteiger charge is -2.17. The number of hydrogen-bond acceptors (Lipinski definition) is 4. The second-order valence-electron chi connectivity index (χ2n) is 7.41. The first-order valence-electron chi connectivity index (χ1n) is 9.91. The molecule has 8 heteroatoms. The Morgan fingerprint density at radius 1 is 1.23 bits per heavy atom. The molecule has 0 spiro atoms. The molecule has 30 heavy (non-hydrogen) atoms. The third-order valence-electron chi connectivity index (χ3n) is 5.20. The fourth-order valence-electron chi connectivity index (χ4n) is 3.73. The molecule has 1 aliphatic rings. The van der Waals surface area contributed by atoms with E-state index in [-0.39, 0.29) is 23.5 Å². The average molecular weight is 445 g/mol. The third-order valence-corrected chi connectivity index (χ3v) is 6.46. The van der Waals surface area contributed by atoms with Gasteiger partial charge < -0.3 is 5.32 Å². The van der Waals surface area contributed by atoms with Gasteiger partial charge in [0.15, 0.2) is 11.0 Å². The summed E-state index contributed by atoms with van der Waals surface area (Å²) in [6.45, 7) is 1.94. The molecule has 3 aromatic rings. The summed E-state index contributed by atoms with van der Waals surface area (Å²) in [5.41, 5.74) is 2.04. The van der Waals surface area contributed by atoms with E-state index in [2.05, 4.69) is 15.5 Å². The Labute approximate surface area is 184 Å². The number of aromatic nitrogens is 3. The Bertz CT molecular complexity index is 1070. The molecule has 0 atom stereocenters. The van der Waals surface area contributed by atoms with Crippen LogP contribution < -0.4 is 5.32 Å². The van der Waals surface area contributed by atoms with Crippen molar-refractivity contribution in [1.82, 2.24) is 14.8 Å². The summed E-state index contributed by atoms with van der Waals surface area (Å²) < 4.78 is 16.4. The van der Waals surface area contributed by atoms with Crippen LogP contribution in [0.25, 0.3) is 11.4 Å². The summed E-state index contributed by atoms with van der Waals surface area (Å²) in [5.74, 6) is 0.169. The third kappa shape index (κ3) is 4.52. The van der Waals surface area contributed by atoms with Gasteiger partial charge in [0.1, 0.15) is 5.82 Å². The van der Waals surface area contributed by atoms with E-state index in [0.29, 0.717) is 27.3 Å². The maximum atomic E-state index is 14.4. The van der Waals surface area contributed by atoms with Gasteiger partial charge in [-0.1, -0.05) is 54.4 Å². The second-order valence-corrected chi connectivity index (χ2v) is 8.76. The molecule has 2 aromatic carbocycles. The van der Waals surface area contributed by atoms with Crippen LogP contribution in [0.1, 0.15) is 37.3 Å². The largest absolute Gasteiger partial charge is 0.324 e. The number of nitrogens with one attached hydrogen (secondary N) is 1. The van der Waals surface area contributed by atoms with Crippen LogP contribution in [0.3, 0.4) is 0 Å². The Hall–Kier alpha value is -2.38. The molecule has 1 heterocycles. The predicted octanol–water partition coefficient (Wildman–Crippen LogP) is 5.89. The maximum Gasteiger partial charge on any atom is 0.234 e. The minimum Gasteiger partial charge on any atom is -0.324 e. The van der Waals surface area contributed by atoms with Crippen LogP contribution in [0.15, 0.2) is 47.6 Å². The highest BCUT2D eigenvalue weighted by Gasteiger charge is 2.26. The van der Waals surface area contributed by atoms with Gasteiger partial charge in [-0.25, -0.2) is 4.39 Å². The molecule has 1 fully saturated rings. The molecule has 0 bridgehead atoms. The number of halogens is 2. The van der Waals surface area contributed by atoms with E-state index in [1.807, 2.05) is 23.6 Å².